The summed E-state index contributed by atoms with van der Waals surface area (Å²) in [6, 6.07) is 4.50. The van der Waals surface area contributed by atoms with E-state index >= 15 is 0 Å². The highest BCUT2D eigenvalue weighted by Gasteiger charge is 2.01. The van der Waals surface area contributed by atoms with Crippen molar-refractivity contribution in [2.45, 2.75) is 33.4 Å². The molecule has 0 spiro atoms. The van der Waals surface area contributed by atoms with Crippen LogP contribution in [0.15, 0.2) is 30.7 Å². The molecule has 2 heterocycles. The molecule has 0 saturated carbocycles. The topological polar surface area (TPSA) is 42.7 Å². The maximum absolute atomic E-state index is 4.35. The molecule has 0 amide bonds. The lowest BCUT2D eigenvalue weighted by Gasteiger charge is -2.04. The van der Waals surface area contributed by atoms with Crippen LogP contribution in [0.5, 0.6) is 0 Å². The second-order valence-electron chi connectivity index (χ2n) is 4.48. The molecule has 17 heavy (non-hydrogen) atoms. The summed E-state index contributed by atoms with van der Waals surface area (Å²) in [5, 5.41) is 7.59. The molecule has 0 fully saturated rings. The molecule has 1 N–H and O–H groups in total. The molecule has 0 aliphatic heterocycles. The number of anilines is 1. The van der Waals surface area contributed by atoms with E-state index in [1.165, 1.54) is 5.56 Å². The average molecular weight is 230 g/mol. The van der Waals surface area contributed by atoms with E-state index in [0.717, 1.165) is 17.9 Å². The van der Waals surface area contributed by atoms with Crippen LogP contribution in [0, 0.1) is 6.92 Å². The highest BCUT2D eigenvalue weighted by Crippen LogP contribution is 2.11. The lowest BCUT2D eigenvalue weighted by Crippen LogP contribution is -2.02. The summed E-state index contributed by atoms with van der Waals surface area (Å²) in [7, 11) is 0. The molecule has 90 valence electrons. The van der Waals surface area contributed by atoms with Crippen molar-refractivity contribution < 1.29 is 0 Å². The van der Waals surface area contributed by atoms with Gasteiger partial charge in [-0.2, -0.15) is 5.10 Å². The van der Waals surface area contributed by atoms with Gasteiger partial charge in [0, 0.05) is 18.4 Å². The molecular formula is C13H18N4. The number of nitrogens with zero attached hydrogens (tertiary/aromatic N) is 3. The summed E-state index contributed by atoms with van der Waals surface area (Å²) < 4.78 is 1.94. The van der Waals surface area contributed by atoms with Crippen LogP contribution in [-0.2, 0) is 6.54 Å². The molecule has 0 aromatic carbocycles. The Morgan fingerprint density at radius 3 is 2.71 bits per heavy atom. The number of aromatic nitrogens is 3. The Labute approximate surface area is 102 Å². The first-order valence-electron chi connectivity index (χ1n) is 5.84. The van der Waals surface area contributed by atoms with Gasteiger partial charge in [-0.15, -0.1) is 0 Å². The Kier molecular flexibility index (Phi) is 3.42. The van der Waals surface area contributed by atoms with Crippen molar-refractivity contribution in [1.29, 1.82) is 0 Å². The molecule has 0 bridgehead atoms. The fraction of sp³-hybridized carbons (Fsp3) is 0.385. The van der Waals surface area contributed by atoms with Crippen molar-refractivity contribution in [2.24, 2.45) is 0 Å². The van der Waals surface area contributed by atoms with Crippen molar-refractivity contribution >= 4 is 5.69 Å². The first-order valence-corrected chi connectivity index (χ1v) is 5.84. The van der Waals surface area contributed by atoms with E-state index in [9.17, 15) is 0 Å². The second kappa shape index (κ2) is 4.99. The fourth-order valence-electron chi connectivity index (χ4n) is 1.51. The van der Waals surface area contributed by atoms with Gasteiger partial charge in [-0.25, -0.2) is 0 Å². The zero-order valence-electron chi connectivity index (χ0n) is 10.5. The summed E-state index contributed by atoms with van der Waals surface area (Å²) in [5.41, 5.74) is 3.25. The van der Waals surface area contributed by atoms with Crippen molar-refractivity contribution in [3.05, 3.63) is 42.0 Å². The third-order valence-corrected chi connectivity index (χ3v) is 2.58. The zero-order valence-corrected chi connectivity index (χ0v) is 10.5. The van der Waals surface area contributed by atoms with Crippen LogP contribution in [0.25, 0.3) is 0 Å². The largest absolute Gasteiger partial charge is 0.377 e. The summed E-state index contributed by atoms with van der Waals surface area (Å²) in [6.45, 7) is 6.98. The van der Waals surface area contributed by atoms with Gasteiger partial charge in [0.25, 0.3) is 0 Å². The normalized spacial score (nSPS) is 10.8. The van der Waals surface area contributed by atoms with Crippen molar-refractivity contribution in [1.82, 2.24) is 14.8 Å². The van der Waals surface area contributed by atoms with Gasteiger partial charge < -0.3 is 5.32 Å². The molecule has 0 aliphatic rings. The predicted octanol–water partition coefficient (Wildman–Crippen LogP) is 2.78. The smallest absolute Gasteiger partial charge is 0.0729 e. The van der Waals surface area contributed by atoms with Crippen LogP contribution >= 0.6 is 0 Å². The molecule has 0 atom stereocenters. The van der Waals surface area contributed by atoms with Gasteiger partial charge in [-0.1, -0.05) is 6.07 Å². The first-order chi connectivity index (χ1) is 8.15. The summed E-state index contributed by atoms with van der Waals surface area (Å²) in [4.78, 5) is 4.35. The number of rotatable bonds is 4. The molecule has 0 aliphatic carbocycles. The minimum absolute atomic E-state index is 0.392. The maximum Gasteiger partial charge on any atom is 0.0729 e. The lowest BCUT2D eigenvalue weighted by atomic mass is 10.3. The van der Waals surface area contributed by atoms with Crippen LogP contribution < -0.4 is 5.32 Å². The SMILES string of the molecule is Cc1ccc(CNc2cnn(C(C)C)c2)nc1. The highest BCUT2D eigenvalue weighted by molar-refractivity contribution is 5.38. The Balaban J connectivity index is 1.95. The lowest BCUT2D eigenvalue weighted by molar-refractivity contribution is 0.532. The molecule has 0 unspecified atom stereocenters. The van der Waals surface area contributed by atoms with Crippen molar-refractivity contribution in [3.8, 4) is 0 Å². The Bertz CT molecular complexity index is 470. The minimum atomic E-state index is 0.392. The van der Waals surface area contributed by atoms with Gasteiger partial charge in [0.2, 0.25) is 0 Å². The monoisotopic (exact) mass is 230 g/mol. The second-order valence-corrected chi connectivity index (χ2v) is 4.48. The Morgan fingerprint density at radius 2 is 2.12 bits per heavy atom. The molecule has 2 rings (SSSR count). The number of aryl methyl sites for hydroxylation is 1. The van der Waals surface area contributed by atoms with Crippen LogP contribution in [-0.4, -0.2) is 14.8 Å². The molecular weight excluding hydrogens is 212 g/mol. The molecule has 0 radical (unpaired) electrons. The zero-order chi connectivity index (χ0) is 12.3. The Hall–Kier alpha value is -1.84. The molecule has 0 saturated heterocycles. The highest BCUT2D eigenvalue weighted by atomic mass is 15.3. The van der Waals surface area contributed by atoms with Crippen LogP contribution in [0.2, 0.25) is 0 Å². The van der Waals surface area contributed by atoms with E-state index in [0.29, 0.717) is 6.04 Å². The first kappa shape index (κ1) is 11.6. The standard InChI is InChI=1S/C13H18N4/c1-10(2)17-9-13(8-16-17)15-7-12-5-4-11(3)6-14-12/h4-6,8-10,15H,7H2,1-3H3. The van der Waals surface area contributed by atoms with Crippen LogP contribution in [0.4, 0.5) is 5.69 Å². The van der Waals surface area contributed by atoms with Gasteiger partial charge in [0.1, 0.15) is 0 Å². The minimum Gasteiger partial charge on any atom is -0.377 e. The molecule has 4 heteroatoms. The average Bonchev–Trinajstić information content (AvgIpc) is 2.77. The van der Waals surface area contributed by atoms with Gasteiger partial charge >= 0.3 is 0 Å². The third kappa shape index (κ3) is 3.06. The van der Waals surface area contributed by atoms with E-state index in [-0.39, 0.29) is 0 Å². The van der Waals surface area contributed by atoms with Gasteiger partial charge in [-0.3, -0.25) is 9.67 Å². The molecule has 2 aromatic heterocycles. The van der Waals surface area contributed by atoms with Crippen molar-refractivity contribution in [2.75, 3.05) is 5.32 Å². The van der Waals surface area contributed by atoms with Gasteiger partial charge in [0.15, 0.2) is 0 Å². The van der Waals surface area contributed by atoms with Crippen LogP contribution in [0.1, 0.15) is 31.1 Å². The van der Waals surface area contributed by atoms with Gasteiger partial charge in [0.05, 0.1) is 24.1 Å². The predicted molar refractivity (Wildman–Crippen MR) is 68.9 cm³/mol. The molecule has 2 aromatic rings. The van der Waals surface area contributed by atoms with E-state index in [1.807, 2.05) is 36.3 Å². The number of nitrogens with one attached hydrogen (secondary N) is 1. The van der Waals surface area contributed by atoms with E-state index in [4.69, 9.17) is 0 Å². The quantitative estimate of drug-likeness (QED) is 0.878. The third-order valence-electron chi connectivity index (χ3n) is 2.58. The van der Waals surface area contributed by atoms with E-state index in [1.54, 1.807) is 0 Å². The van der Waals surface area contributed by atoms with Crippen LogP contribution in [0.3, 0.4) is 0 Å². The number of hydrogen-bond acceptors (Lipinski definition) is 3. The summed E-state index contributed by atoms with van der Waals surface area (Å²) in [5.74, 6) is 0. The van der Waals surface area contributed by atoms with E-state index in [2.05, 4.69) is 35.3 Å². The van der Waals surface area contributed by atoms with Crippen molar-refractivity contribution in [3.63, 3.8) is 0 Å². The summed E-state index contributed by atoms with van der Waals surface area (Å²) >= 11 is 0. The van der Waals surface area contributed by atoms with E-state index < -0.39 is 0 Å². The summed E-state index contributed by atoms with van der Waals surface area (Å²) in [6.07, 6.45) is 5.74. The fourth-order valence-corrected chi connectivity index (χ4v) is 1.51. The number of pyridine rings is 1. The maximum atomic E-state index is 4.35. The number of hydrogen-bond donors (Lipinski definition) is 1. The molecule has 4 nitrogen and oxygen atoms in total. The van der Waals surface area contributed by atoms with Gasteiger partial charge in [-0.05, 0) is 32.4 Å². The Morgan fingerprint density at radius 1 is 1.29 bits per heavy atom.